The van der Waals surface area contributed by atoms with Crippen LogP contribution in [-0.4, -0.2) is 49.6 Å². The predicted octanol–water partition coefficient (Wildman–Crippen LogP) is 1.51. The molecule has 2 rings (SSSR count). The third kappa shape index (κ3) is 4.21. The molecule has 7 heteroatoms. The molecule has 0 aromatic heterocycles. The molecule has 21 heavy (non-hydrogen) atoms. The Kier molecular flexibility index (Phi) is 4.95. The summed E-state index contributed by atoms with van der Waals surface area (Å²) in [6.07, 6.45) is 0.121. The topological polar surface area (TPSA) is 57.6 Å². The van der Waals surface area contributed by atoms with Crippen molar-refractivity contribution in [2.75, 3.05) is 25.1 Å². The second-order valence-electron chi connectivity index (χ2n) is 5.51. The van der Waals surface area contributed by atoms with E-state index in [2.05, 4.69) is 0 Å². The Morgan fingerprint density at radius 3 is 2.48 bits per heavy atom. The minimum Gasteiger partial charge on any atom is -0.387 e. The smallest absolute Gasteiger partial charge is 0.159 e. The first-order valence-electron chi connectivity index (χ1n) is 6.82. The highest BCUT2D eigenvalue weighted by Crippen LogP contribution is 2.21. The summed E-state index contributed by atoms with van der Waals surface area (Å²) < 4.78 is 48.8. The second kappa shape index (κ2) is 6.37. The Balaban J connectivity index is 1.95. The molecule has 0 bridgehead atoms. The van der Waals surface area contributed by atoms with Crippen LogP contribution in [0.5, 0.6) is 0 Å². The molecule has 1 fully saturated rings. The fourth-order valence-corrected chi connectivity index (χ4v) is 4.03. The van der Waals surface area contributed by atoms with Gasteiger partial charge in [-0.15, -0.1) is 0 Å². The van der Waals surface area contributed by atoms with E-state index in [0.717, 1.165) is 12.1 Å². The second-order valence-corrected chi connectivity index (χ2v) is 7.82. The van der Waals surface area contributed by atoms with Gasteiger partial charge in [-0.25, -0.2) is 17.2 Å². The molecular weight excluding hydrogens is 300 g/mol. The molecule has 118 valence electrons. The first-order chi connectivity index (χ1) is 9.78. The van der Waals surface area contributed by atoms with Crippen molar-refractivity contribution in [3.63, 3.8) is 0 Å². The van der Waals surface area contributed by atoms with Crippen molar-refractivity contribution < 1.29 is 22.3 Å². The highest BCUT2D eigenvalue weighted by atomic mass is 32.2. The fraction of sp³-hybridized carbons (Fsp3) is 0.571. The van der Waals surface area contributed by atoms with Crippen LogP contribution in [0, 0.1) is 11.6 Å². The van der Waals surface area contributed by atoms with Gasteiger partial charge in [0.2, 0.25) is 0 Å². The number of halogens is 2. The average molecular weight is 319 g/mol. The van der Waals surface area contributed by atoms with Gasteiger partial charge in [-0.1, -0.05) is 6.07 Å². The van der Waals surface area contributed by atoms with Gasteiger partial charge in [-0.3, -0.25) is 0 Å². The predicted molar refractivity (Wildman–Crippen MR) is 75.6 cm³/mol. The van der Waals surface area contributed by atoms with Gasteiger partial charge < -0.3 is 10.0 Å². The first kappa shape index (κ1) is 16.3. The number of aliphatic hydroxyl groups is 1. The Morgan fingerprint density at radius 2 is 1.90 bits per heavy atom. The molecule has 0 aliphatic carbocycles. The molecular formula is C14H19F2NO3S. The van der Waals surface area contributed by atoms with Crippen molar-refractivity contribution in [1.29, 1.82) is 0 Å². The summed E-state index contributed by atoms with van der Waals surface area (Å²) in [5.41, 5.74) is 0.309. The third-order valence-electron chi connectivity index (χ3n) is 3.94. The molecule has 1 aliphatic rings. The largest absolute Gasteiger partial charge is 0.387 e. The van der Waals surface area contributed by atoms with E-state index in [1.807, 2.05) is 4.90 Å². The Hall–Kier alpha value is -1.05. The number of likely N-dealkylation sites (N-methyl/N-ethyl adjacent to an activating group) is 1. The summed E-state index contributed by atoms with van der Waals surface area (Å²) in [6, 6.07) is 3.40. The summed E-state index contributed by atoms with van der Waals surface area (Å²) >= 11 is 0. The van der Waals surface area contributed by atoms with E-state index in [9.17, 15) is 22.3 Å². The number of nitrogens with zero attached hydrogens (tertiary/aromatic N) is 1. The van der Waals surface area contributed by atoms with E-state index in [-0.39, 0.29) is 24.1 Å². The van der Waals surface area contributed by atoms with Crippen LogP contribution in [-0.2, 0) is 9.84 Å². The fourth-order valence-electron chi connectivity index (χ4n) is 2.57. The summed E-state index contributed by atoms with van der Waals surface area (Å²) in [5.74, 6) is -1.62. The van der Waals surface area contributed by atoms with E-state index in [4.69, 9.17) is 0 Å². The van der Waals surface area contributed by atoms with Gasteiger partial charge in [0, 0.05) is 12.6 Å². The van der Waals surface area contributed by atoms with Crippen LogP contribution in [0.25, 0.3) is 0 Å². The lowest BCUT2D eigenvalue weighted by atomic mass is 10.1. The zero-order chi connectivity index (χ0) is 15.6. The van der Waals surface area contributed by atoms with Crippen molar-refractivity contribution in [3.05, 3.63) is 35.4 Å². The molecule has 1 aromatic carbocycles. The molecule has 0 radical (unpaired) electrons. The van der Waals surface area contributed by atoms with Crippen molar-refractivity contribution in [2.45, 2.75) is 25.0 Å². The van der Waals surface area contributed by atoms with E-state index in [1.54, 1.807) is 7.05 Å². The molecule has 0 unspecified atom stereocenters. The van der Waals surface area contributed by atoms with Crippen LogP contribution in [0.15, 0.2) is 18.2 Å². The maximum absolute atomic E-state index is 13.2. The quantitative estimate of drug-likeness (QED) is 0.914. The monoisotopic (exact) mass is 319 g/mol. The van der Waals surface area contributed by atoms with Crippen molar-refractivity contribution in [2.24, 2.45) is 0 Å². The van der Waals surface area contributed by atoms with Gasteiger partial charge in [0.25, 0.3) is 0 Å². The van der Waals surface area contributed by atoms with E-state index in [1.165, 1.54) is 6.07 Å². The standard InChI is InChI=1S/C14H19F2NO3S/c1-17(11-4-6-21(19,20)7-5-11)9-14(18)10-2-3-12(15)13(16)8-10/h2-3,8,11,14,18H,4-7,9H2,1H3/t14-/m1/s1. The normalized spacial score (nSPS) is 20.6. The maximum Gasteiger partial charge on any atom is 0.159 e. The van der Waals surface area contributed by atoms with Gasteiger partial charge in [0.1, 0.15) is 9.84 Å². The minimum atomic E-state index is -2.92. The molecule has 1 N–H and O–H groups in total. The zero-order valence-corrected chi connectivity index (χ0v) is 12.6. The summed E-state index contributed by atoms with van der Waals surface area (Å²) in [6.45, 7) is 0.246. The lowest BCUT2D eigenvalue weighted by Gasteiger charge is -2.32. The van der Waals surface area contributed by atoms with Crippen molar-refractivity contribution in [3.8, 4) is 0 Å². The number of hydrogen-bond acceptors (Lipinski definition) is 4. The van der Waals surface area contributed by atoms with Crippen molar-refractivity contribution >= 4 is 9.84 Å². The Labute approximate surface area is 123 Å². The molecule has 1 saturated heterocycles. The number of hydrogen-bond donors (Lipinski definition) is 1. The van der Waals surface area contributed by atoms with Gasteiger partial charge in [0.15, 0.2) is 11.6 Å². The van der Waals surface area contributed by atoms with Crippen LogP contribution in [0.2, 0.25) is 0 Å². The number of rotatable bonds is 4. The van der Waals surface area contributed by atoms with Crippen LogP contribution >= 0.6 is 0 Å². The molecule has 0 saturated carbocycles. The highest BCUT2D eigenvalue weighted by molar-refractivity contribution is 7.91. The first-order valence-corrected chi connectivity index (χ1v) is 8.64. The van der Waals surface area contributed by atoms with E-state index < -0.39 is 27.6 Å². The SMILES string of the molecule is CN(C[C@@H](O)c1ccc(F)c(F)c1)C1CCS(=O)(=O)CC1. The van der Waals surface area contributed by atoms with Gasteiger partial charge in [-0.2, -0.15) is 0 Å². The van der Waals surface area contributed by atoms with Gasteiger partial charge in [0.05, 0.1) is 17.6 Å². The van der Waals surface area contributed by atoms with E-state index in [0.29, 0.717) is 18.4 Å². The van der Waals surface area contributed by atoms with Crippen LogP contribution in [0.1, 0.15) is 24.5 Å². The highest BCUT2D eigenvalue weighted by Gasteiger charge is 2.27. The molecule has 1 heterocycles. The zero-order valence-electron chi connectivity index (χ0n) is 11.8. The molecule has 0 spiro atoms. The minimum absolute atomic E-state index is 0.0773. The lowest BCUT2D eigenvalue weighted by Crippen LogP contribution is -2.40. The van der Waals surface area contributed by atoms with Crippen LogP contribution in [0.4, 0.5) is 8.78 Å². The van der Waals surface area contributed by atoms with Gasteiger partial charge in [-0.05, 0) is 37.6 Å². The third-order valence-corrected chi connectivity index (χ3v) is 5.65. The molecule has 1 aliphatic heterocycles. The summed E-state index contributed by atoms with van der Waals surface area (Å²) in [7, 11) is -1.12. The van der Waals surface area contributed by atoms with Crippen LogP contribution in [0.3, 0.4) is 0 Å². The maximum atomic E-state index is 13.2. The lowest BCUT2D eigenvalue weighted by molar-refractivity contribution is 0.100. The molecule has 1 atom stereocenters. The Bertz CT molecular complexity index is 592. The Morgan fingerprint density at radius 1 is 1.29 bits per heavy atom. The summed E-state index contributed by atoms with van der Waals surface area (Å²) in [5, 5.41) is 10.1. The number of benzene rings is 1. The number of aliphatic hydroxyl groups excluding tert-OH is 1. The summed E-state index contributed by atoms with van der Waals surface area (Å²) in [4.78, 5) is 1.88. The van der Waals surface area contributed by atoms with Crippen LogP contribution < -0.4 is 0 Å². The van der Waals surface area contributed by atoms with E-state index >= 15 is 0 Å². The molecule has 1 aromatic rings. The average Bonchev–Trinajstić information content (AvgIpc) is 2.41. The van der Waals surface area contributed by atoms with Gasteiger partial charge >= 0.3 is 0 Å². The van der Waals surface area contributed by atoms with Crippen molar-refractivity contribution in [1.82, 2.24) is 4.90 Å². The number of sulfone groups is 1. The molecule has 4 nitrogen and oxygen atoms in total. The molecule has 0 amide bonds.